The minimum atomic E-state index is -1.25. The number of ketones is 1. The van der Waals surface area contributed by atoms with E-state index in [2.05, 4.69) is 11.4 Å². The molecule has 0 spiro atoms. The minimum Gasteiger partial charge on any atom is -0.410 e. The van der Waals surface area contributed by atoms with E-state index in [4.69, 9.17) is 16.3 Å². The number of rotatable bonds is 7. The summed E-state index contributed by atoms with van der Waals surface area (Å²) in [6.07, 6.45) is 1.38. The standard InChI is InChI=1S/C30H32ClFN4O4/c1-2-36(28(39)40-24-9-7-23(32)8-10-24)30(19-34-17-25(30)20-3-5-22(31)6-4-20)26(37)21-11-15-35(16-12-21)27(38)29(18-33)13-14-29/h3-10,21,25,34H,2,11-17,19H2,1H3/t25-,30+/m0/s1. The molecule has 8 nitrogen and oxygen atoms in total. The number of hydrogen-bond donors (Lipinski definition) is 1. The number of likely N-dealkylation sites (N-methyl/N-ethyl adjacent to an activating group) is 1. The van der Waals surface area contributed by atoms with E-state index in [1.807, 2.05) is 12.1 Å². The Balaban J connectivity index is 1.44. The van der Waals surface area contributed by atoms with Crippen LogP contribution in [0.1, 0.15) is 44.1 Å². The molecular weight excluding hydrogens is 535 g/mol. The van der Waals surface area contributed by atoms with Crippen LogP contribution in [0.4, 0.5) is 9.18 Å². The molecule has 0 bridgehead atoms. The second-order valence-electron chi connectivity index (χ2n) is 10.9. The van der Waals surface area contributed by atoms with Gasteiger partial charge in [-0.05, 0) is 74.6 Å². The topological polar surface area (TPSA) is 103 Å². The predicted molar refractivity (Wildman–Crippen MR) is 146 cm³/mol. The average molecular weight is 567 g/mol. The van der Waals surface area contributed by atoms with Gasteiger partial charge in [0.15, 0.2) is 5.78 Å². The molecule has 3 aliphatic rings. The van der Waals surface area contributed by atoms with E-state index in [0.717, 1.165) is 5.56 Å². The molecule has 2 heterocycles. The second-order valence-corrected chi connectivity index (χ2v) is 11.3. The first-order chi connectivity index (χ1) is 19.2. The molecule has 2 amide bonds. The molecule has 0 radical (unpaired) electrons. The summed E-state index contributed by atoms with van der Waals surface area (Å²) in [6, 6.07) is 14.6. The van der Waals surface area contributed by atoms with Gasteiger partial charge in [-0.3, -0.25) is 14.5 Å². The fraction of sp³-hybridized carbons (Fsp3) is 0.467. The van der Waals surface area contributed by atoms with Crippen molar-refractivity contribution < 1.29 is 23.5 Å². The first-order valence-corrected chi connectivity index (χ1v) is 14.1. The van der Waals surface area contributed by atoms with Crippen LogP contribution in [0.5, 0.6) is 5.75 Å². The number of benzene rings is 2. The van der Waals surface area contributed by atoms with Gasteiger partial charge in [-0.25, -0.2) is 9.18 Å². The number of halogens is 2. The Kier molecular flexibility index (Phi) is 7.85. The summed E-state index contributed by atoms with van der Waals surface area (Å²) in [5.74, 6) is -1.25. The molecule has 2 atom stereocenters. The lowest BCUT2D eigenvalue weighted by atomic mass is 9.71. The lowest BCUT2D eigenvalue weighted by molar-refractivity contribution is -0.141. The highest BCUT2D eigenvalue weighted by Crippen LogP contribution is 2.47. The van der Waals surface area contributed by atoms with Gasteiger partial charge in [0.2, 0.25) is 5.91 Å². The molecule has 1 saturated carbocycles. The lowest BCUT2D eigenvalue weighted by Gasteiger charge is -2.45. The van der Waals surface area contributed by atoms with Gasteiger partial charge in [0.25, 0.3) is 0 Å². The van der Waals surface area contributed by atoms with E-state index in [-0.39, 0.29) is 42.4 Å². The zero-order chi connectivity index (χ0) is 28.5. The van der Waals surface area contributed by atoms with Gasteiger partial charge < -0.3 is 15.0 Å². The van der Waals surface area contributed by atoms with Gasteiger partial charge >= 0.3 is 6.09 Å². The number of Topliss-reactive ketones (excluding diaryl/α,β-unsaturated/α-hetero) is 1. The molecule has 2 aromatic carbocycles. The summed E-state index contributed by atoms with van der Waals surface area (Å²) in [5.41, 5.74) is -1.27. The summed E-state index contributed by atoms with van der Waals surface area (Å²) in [7, 11) is 0. The Morgan fingerprint density at radius 1 is 1.12 bits per heavy atom. The highest BCUT2D eigenvalue weighted by molar-refractivity contribution is 6.30. The highest BCUT2D eigenvalue weighted by atomic mass is 35.5. The molecule has 0 aromatic heterocycles. The fourth-order valence-corrected chi connectivity index (χ4v) is 6.32. The van der Waals surface area contributed by atoms with Gasteiger partial charge in [-0.15, -0.1) is 0 Å². The molecular formula is C30H32ClFN4O4. The number of hydrogen-bond acceptors (Lipinski definition) is 6. The van der Waals surface area contributed by atoms with Crippen molar-refractivity contribution in [3.05, 3.63) is 64.9 Å². The molecule has 0 unspecified atom stereocenters. The van der Waals surface area contributed by atoms with E-state index in [1.54, 1.807) is 24.0 Å². The molecule has 5 rings (SSSR count). The predicted octanol–water partition coefficient (Wildman–Crippen LogP) is 4.54. The zero-order valence-corrected chi connectivity index (χ0v) is 23.1. The van der Waals surface area contributed by atoms with E-state index in [9.17, 15) is 24.0 Å². The maximum atomic E-state index is 14.6. The van der Waals surface area contributed by atoms with Crippen molar-refractivity contribution in [2.24, 2.45) is 11.3 Å². The van der Waals surface area contributed by atoms with E-state index < -0.39 is 22.9 Å². The van der Waals surface area contributed by atoms with E-state index in [0.29, 0.717) is 50.3 Å². The third kappa shape index (κ3) is 5.06. The molecule has 40 heavy (non-hydrogen) atoms. The van der Waals surface area contributed by atoms with Crippen molar-refractivity contribution >= 4 is 29.4 Å². The monoisotopic (exact) mass is 566 g/mol. The number of carbonyl (C=O) groups excluding carboxylic acids is 3. The smallest absolute Gasteiger partial charge is 0.410 e. The van der Waals surface area contributed by atoms with Gasteiger partial charge in [0.1, 0.15) is 22.5 Å². The van der Waals surface area contributed by atoms with Crippen molar-refractivity contribution in [2.75, 3.05) is 32.7 Å². The van der Waals surface area contributed by atoms with Crippen molar-refractivity contribution in [1.29, 1.82) is 5.26 Å². The van der Waals surface area contributed by atoms with Crippen molar-refractivity contribution in [1.82, 2.24) is 15.1 Å². The zero-order valence-electron chi connectivity index (χ0n) is 22.4. The van der Waals surface area contributed by atoms with Gasteiger partial charge in [-0.2, -0.15) is 5.26 Å². The Bertz CT molecular complexity index is 1320. The SMILES string of the molecule is CCN(C(=O)Oc1ccc(F)cc1)[C@]1(C(=O)C2CCN(C(=O)C3(C#N)CC3)CC2)CNC[C@H]1c1ccc(Cl)cc1. The Labute approximate surface area is 238 Å². The molecule has 2 saturated heterocycles. The van der Waals surface area contributed by atoms with E-state index >= 15 is 0 Å². The van der Waals surface area contributed by atoms with Crippen LogP contribution in [0.15, 0.2) is 48.5 Å². The van der Waals surface area contributed by atoms with Crippen molar-refractivity contribution in [3.63, 3.8) is 0 Å². The molecule has 3 fully saturated rings. The Morgan fingerprint density at radius 3 is 2.35 bits per heavy atom. The van der Waals surface area contributed by atoms with Crippen LogP contribution in [0, 0.1) is 28.5 Å². The molecule has 10 heteroatoms. The highest BCUT2D eigenvalue weighted by Gasteiger charge is 2.58. The number of nitrogens with zero attached hydrogens (tertiary/aromatic N) is 3. The summed E-state index contributed by atoms with van der Waals surface area (Å²) < 4.78 is 19.1. The van der Waals surface area contributed by atoms with E-state index in [1.165, 1.54) is 29.2 Å². The number of carbonyl (C=O) groups is 3. The lowest BCUT2D eigenvalue weighted by Crippen LogP contribution is -2.64. The first kappa shape index (κ1) is 28.1. The normalized spacial score (nSPS) is 23.8. The number of ether oxygens (including phenoxy) is 1. The maximum absolute atomic E-state index is 14.6. The Morgan fingerprint density at radius 2 is 1.77 bits per heavy atom. The summed E-state index contributed by atoms with van der Waals surface area (Å²) in [6.45, 7) is 3.49. The number of likely N-dealkylation sites (tertiary alicyclic amines) is 1. The van der Waals surface area contributed by atoms with Crippen LogP contribution >= 0.6 is 11.6 Å². The van der Waals surface area contributed by atoms with Crippen LogP contribution in [-0.2, 0) is 9.59 Å². The summed E-state index contributed by atoms with van der Waals surface area (Å²) in [5, 5.41) is 13.4. The number of amides is 2. The first-order valence-electron chi connectivity index (χ1n) is 13.7. The minimum absolute atomic E-state index is 0.0797. The molecule has 1 N–H and O–H groups in total. The largest absolute Gasteiger partial charge is 0.416 e. The third-order valence-electron chi connectivity index (χ3n) is 8.58. The maximum Gasteiger partial charge on any atom is 0.416 e. The number of nitriles is 1. The summed E-state index contributed by atoms with van der Waals surface area (Å²) in [4.78, 5) is 44.4. The van der Waals surface area contributed by atoms with Gasteiger partial charge in [0.05, 0.1) is 6.07 Å². The molecule has 2 aromatic rings. The molecule has 2 aliphatic heterocycles. The number of piperidine rings is 1. The third-order valence-corrected chi connectivity index (χ3v) is 8.83. The Hall–Kier alpha value is -3.48. The van der Waals surface area contributed by atoms with Crippen LogP contribution in [0.3, 0.4) is 0 Å². The fourth-order valence-electron chi connectivity index (χ4n) is 6.20. The van der Waals surface area contributed by atoms with Crippen LogP contribution in [0.25, 0.3) is 0 Å². The molecule has 210 valence electrons. The van der Waals surface area contributed by atoms with Crippen LogP contribution in [-0.4, -0.2) is 65.8 Å². The number of nitrogens with one attached hydrogen (secondary N) is 1. The van der Waals surface area contributed by atoms with Crippen LogP contribution in [0.2, 0.25) is 5.02 Å². The molecule has 1 aliphatic carbocycles. The van der Waals surface area contributed by atoms with Crippen molar-refractivity contribution in [2.45, 2.75) is 44.1 Å². The van der Waals surface area contributed by atoms with Crippen molar-refractivity contribution in [3.8, 4) is 11.8 Å². The van der Waals surface area contributed by atoms with Gasteiger partial charge in [-0.1, -0.05) is 23.7 Å². The second kappa shape index (κ2) is 11.2. The summed E-state index contributed by atoms with van der Waals surface area (Å²) >= 11 is 6.16. The quantitative estimate of drug-likeness (QED) is 0.528. The average Bonchev–Trinajstić information content (AvgIpc) is 3.66. The van der Waals surface area contributed by atoms with Gasteiger partial charge in [0, 0.05) is 49.6 Å². The van der Waals surface area contributed by atoms with Crippen LogP contribution < -0.4 is 10.1 Å².